The predicted octanol–water partition coefficient (Wildman–Crippen LogP) is 2.54. The summed E-state index contributed by atoms with van der Waals surface area (Å²) in [5, 5.41) is 0. The maximum atomic E-state index is 5.88. The van der Waals surface area contributed by atoms with Crippen molar-refractivity contribution in [2.75, 3.05) is 13.1 Å². The van der Waals surface area contributed by atoms with Crippen LogP contribution in [0.15, 0.2) is 12.1 Å². The molecule has 0 saturated carbocycles. The molecule has 0 amide bonds. The van der Waals surface area contributed by atoms with Crippen LogP contribution in [0.1, 0.15) is 35.6 Å². The fourth-order valence-corrected chi connectivity index (χ4v) is 3.42. The molecule has 1 saturated heterocycles. The highest BCUT2D eigenvalue weighted by Gasteiger charge is 2.27. The smallest absolute Gasteiger partial charge is 0.0442 e. The van der Waals surface area contributed by atoms with E-state index in [0.29, 0.717) is 6.04 Å². The van der Waals surface area contributed by atoms with E-state index in [9.17, 15) is 0 Å². The van der Waals surface area contributed by atoms with E-state index in [1.807, 2.05) is 11.3 Å². The molecule has 0 bridgehead atoms. The van der Waals surface area contributed by atoms with Crippen molar-refractivity contribution in [2.24, 2.45) is 5.73 Å². The van der Waals surface area contributed by atoms with Gasteiger partial charge in [-0.1, -0.05) is 0 Å². The molecule has 84 valence electrons. The fraction of sp³-hybridized carbons (Fsp3) is 0.667. The second kappa shape index (κ2) is 4.64. The van der Waals surface area contributed by atoms with Gasteiger partial charge in [0.05, 0.1) is 0 Å². The zero-order valence-corrected chi connectivity index (χ0v) is 10.4. The predicted molar refractivity (Wildman–Crippen MR) is 66.3 cm³/mol. The van der Waals surface area contributed by atoms with Crippen LogP contribution in [0.3, 0.4) is 0 Å². The minimum Gasteiger partial charge on any atom is -0.327 e. The van der Waals surface area contributed by atoms with Gasteiger partial charge in [-0.25, -0.2) is 0 Å². The van der Waals surface area contributed by atoms with Gasteiger partial charge in [-0.05, 0) is 45.4 Å². The standard InChI is InChI=1S/C12H20N2S/c1-9(13)8-14-7-3-4-11(14)12-6-5-10(2)15-12/h5-6,9,11H,3-4,7-8,13H2,1-2H3. The normalized spacial score (nSPS) is 24.6. The Bertz CT molecular complexity index is 319. The Balaban J connectivity index is 2.07. The van der Waals surface area contributed by atoms with E-state index >= 15 is 0 Å². The summed E-state index contributed by atoms with van der Waals surface area (Å²) in [6.45, 7) is 6.51. The van der Waals surface area contributed by atoms with Crippen LogP contribution >= 0.6 is 11.3 Å². The molecule has 0 spiro atoms. The van der Waals surface area contributed by atoms with Crippen molar-refractivity contribution in [3.8, 4) is 0 Å². The highest BCUT2D eigenvalue weighted by molar-refractivity contribution is 7.12. The summed E-state index contributed by atoms with van der Waals surface area (Å²) in [6, 6.07) is 5.42. The summed E-state index contributed by atoms with van der Waals surface area (Å²) in [7, 11) is 0. The van der Waals surface area contributed by atoms with Crippen molar-refractivity contribution in [2.45, 2.75) is 38.8 Å². The van der Waals surface area contributed by atoms with Crippen LogP contribution in [0, 0.1) is 6.92 Å². The van der Waals surface area contributed by atoms with Gasteiger partial charge in [0.15, 0.2) is 0 Å². The van der Waals surface area contributed by atoms with Crippen LogP contribution < -0.4 is 5.73 Å². The average Bonchev–Trinajstić information content (AvgIpc) is 2.72. The first-order chi connectivity index (χ1) is 7.16. The van der Waals surface area contributed by atoms with E-state index in [1.54, 1.807) is 0 Å². The molecule has 2 atom stereocenters. The van der Waals surface area contributed by atoms with Crippen molar-refractivity contribution in [3.05, 3.63) is 21.9 Å². The molecule has 2 heterocycles. The first-order valence-corrected chi connectivity index (χ1v) is 6.54. The summed E-state index contributed by atoms with van der Waals surface area (Å²) in [5.41, 5.74) is 5.88. The molecule has 3 heteroatoms. The van der Waals surface area contributed by atoms with Crippen LogP contribution in [0.25, 0.3) is 0 Å². The third kappa shape index (κ3) is 2.60. The minimum atomic E-state index is 0.284. The molecule has 0 aliphatic carbocycles. The van der Waals surface area contributed by atoms with Gasteiger partial charge in [-0.3, -0.25) is 4.90 Å². The lowest BCUT2D eigenvalue weighted by molar-refractivity contribution is 0.248. The molecule has 15 heavy (non-hydrogen) atoms. The molecular weight excluding hydrogens is 204 g/mol. The Labute approximate surface area is 96.1 Å². The van der Waals surface area contributed by atoms with E-state index in [0.717, 1.165) is 6.54 Å². The first-order valence-electron chi connectivity index (χ1n) is 5.73. The number of nitrogens with two attached hydrogens (primary N) is 1. The van der Waals surface area contributed by atoms with Crippen LogP contribution in [0.5, 0.6) is 0 Å². The van der Waals surface area contributed by atoms with Crippen LogP contribution in [0.4, 0.5) is 0 Å². The van der Waals surface area contributed by atoms with E-state index in [1.165, 1.54) is 29.1 Å². The molecule has 1 aromatic rings. The maximum Gasteiger partial charge on any atom is 0.0442 e. The average molecular weight is 224 g/mol. The molecule has 0 aromatic carbocycles. The fourth-order valence-electron chi connectivity index (χ4n) is 2.37. The van der Waals surface area contributed by atoms with Crippen LogP contribution in [0.2, 0.25) is 0 Å². The van der Waals surface area contributed by atoms with E-state index in [2.05, 4.69) is 30.9 Å². The van der Waals surface area contributed by atoms with Crippen molar-refractivity contribution >= 4 is 11.3 Å². The van der Waals surface area contributed by atoms with E-state index in [4.69, 9.17) is 5.73 Å². The van der Waals surface area contributed by atoms with E-state index < -0.39 is 0 Å². The quantitative estimate of drug-likeness (QED) is 0.855. The van der Waals surface area contributed by atoms with Gasteiger partial charge in [0, 0.05) is 28.4 Å². The number of hydrogen-bond donors (Lipinski definition) is 1. The second-order valence-corrected chi connectivity index (χ2v) is 5.90. The molecule has 1 aliphatic heterocycles. The third-order valence-electron chi connectivity index (χ3n) is 2.98. The lowest BCUT2D eigenvalue weighted by atomic mass is 10.2. The van der Waals surface area contributed by atoms with Crippen molar-refractivity contribution in [1.82, 2.24) is 4.90 Å². The van der Waals surface area contributed by atoms with Crippen LogP contribution in [-0.4, -0.2) is 24.0 Å². The molecule has 2 rings (SSSR count). The van der Waals surface area contributed by atoms with Gasteiger partial charge < -0.3 is 5.73 Å². The van der Waals surface area contributed by atoms with Crippen LogP contribution in [-0.2, 0) is 0 Å². The number of rotatable bonds is 3. The Kier molecular flexibility index (Phi) is 3.44. The summed E-state index contributed by atoms with van der Waals surface area (Å²) in [4.78, 5) is 5.47. The lowest BCUT2D eigenvalue weighted by Crippen LogP contribution is -2.34. The molecule has 1 aromatic heterocycles. The van der Waals surface area contributed by atoms with Crippen molar-refractivity contribution < 1.29 is 0 Å². The Morgan fingerprint density at radius 1 is 1.60 bits per heavy atom. The SMILES string of the molecule is Cc1ccc(C2CCCN2CC(C)N)s1. The lowest BCUT2D eigenvalue weighted by Gasteiger charge is -2.25. The Hall–Kier alpha value is -0.380. The number of nitrogens with zero attached hydrogens (tertiary/aromatic N) is 1. The van der Waals surface area contributed by atoms with Gasteiger partial charge in [-0.15, -0.1) is 11.3 Å². The Morgan fingerprint density at radius 3 is 3.00 bits per heavy atom. The van der Waals surface area contributed by atoms with Gasteiger partial charge >= 0.3 is 0 Å². The monoisotopic (exact) mass is 224 g/mol. The first kappa shape index (κ1) is 11.1. The van der Waals surface area contributed by atoms with Gasteiger partial charge in [0.1, 0.15) is 0 Å². The largest absolute Gasteiger partial charge is 0.327 e. The number of hydrogen-bond acceptors (Lipinski definition) is 3. The molecule has 1 aliphatic rings. The number of thiophene rings is 1. The van der Waals surface area contributed by atoms with E-state index in [-0.39, 0.29) is 6.04 Å². The summed E-state index contributed by atoms with van der Waals surface area (Å²) in [5.74, 6) is 0. The zero-order chi connectivity index (χ0) is 10.8. The zero-order valence-electron chi connectivity index (χ0n) is 9.57. The maximum absolute atomic E-state index is 5.88. The number of likely N-dealkylation sites (tertiary alicyclic amines) is 1. The summed E-state index contributed by atoms with van der Waals surface area (Å²) >= 11 is 1.93. The van der Waals surface area contributed by atoms with Crippen molar-refractivity contribution in [3.63, 3.8) is 0 Å². The Morgan fingerprint density at radius 2 is 2.40 bits per heavy atom. The molecule has 2 N–H and O–H groups in total. The highest BCUT2D eigenvalue weighted by atomic mass is 32.1. The summed E-state index contributed by atoms with van der Waals surface area (Å²) in [6.07, 6.45) is 2.61. The third-order valence-corrected chi connectivity index (χ3v) is 4.08. The van der Waals surface area contributed by atoms with Crippen molar-refractivity contribution in [1.29, 1.82) is 0 Å². The highest BCUT2D eigenvalue weighted by Crippen LogP contribution is 2.35. The number of aryl methyl sites for hydroxylation is 1. The molecule has 2 unspecified atom stereocenters. The summed E-state index contributed by atoms with van der Waals surface area (Å²) < 4.78 is 0. The molecule has 0 radical (unpaired) electrons. The molecule has 2 nitrogen and oxygen atoms in total. The van der Waals surface area contributed by atoms with Gasteiger partial charge in [0.25, 0.3) is 0 Å². The topological polar surface area (TPSA) is 29.3 Å². The van der Waals surface area contributed by atoms with Gasteiger partial charge in [0.2, 0.25) is 0 Å². The minimum absolute atomic E-state index is 0.284. The second-order valence-electron chi connectivity index (χ2n) is 4.58. The molecule has 1 fully saturated rings. The molecular formula is C12H20N2S. The van der Waals surface area contributed by atoms with Gasteiger partial charge in [-0.2, -0.15) is 0 Å².